The van der Waals surface area contributed by atoms with Crippen LogP contribution in [0, 0.1) is 11.8 Å². The molecule has 2 heterocycles. The lowest BCUT2D eigenvalue weighted by Gasteiger charge is -2.46. The van der Waals surface area contributed by atoms with Crippen molar-refractivity contribution in [3.05, 3.63) is 35.9 Å². The van der Waals surface area contributed by atoms with Crippen LogP contribution in [0.4, 0.5) is 0 Å². The molecule has 288 valence electrons. The Morgan fingerprint density at radius 3 is 2.32 bits per heavy atom. The van der Waals surface area contributed by atoms with E-state index in [0.717, 1.165) is 19.5 Å². The summed E-state index contributed by atoms with van der Waals surface area (Å²) in [5.41, 5.74) is -2.11. The second-order valence-electron chi connectivity index (χ2n) is 15.5. The number of likely N-dealkylation sites (N-methyl/N-ethyl adjacent to an activating group) is 1. The van der Waals surface area contributed by atoms with Gasteiger partial charge in [-0.15, -0.1) is 0 Å². The van der Waals surface area contributed by atoms with Crippen LogP contribution in [-0.4, -0.2) is 141 Å². The van der Waals surface area contributed by atoms with Gasteiger partial charge < -0.3 is 50.0 Å². The first-order valence-electron chi connectivity index (χ1n) is 18.6. The summed E-state index contributed by atoms with van der Waals surface area (Å²) in [5.74, 6) is -2.58. The van der Waals surface area contributed by atoms with E-state index in [9.17, 15) is 30.3 Å². The number of cyclic esters (lactones) is 1. The fourth-order valence-corrected chi connectivity index (χ4v) is 7.69. The van der Waals surface area contributed by atoms with Gasteiger partial charge in [0, 0.05) is 24.5 Å². The minimum Gasteiger partial charge on any atom is -0.459 e. The Balaban J connectivity index is 1.90. The van der Waals surface area contributed by atoms with Crippen molar-refractivity contribution in [3.63, 3.8) is 0 Å². The molecule has 1 aromatic carbocycles. The topological polar surface area (TPSA) is 164 Å². The van der Waals surface area contributed by atoms with Crippen molar-refractivity contribution in [1.29, 1.82) is 0 Å². The number of esters is 1. The van der Waals surface area contributed by atoms with Crippen molar-refractivity contribution in [2.24, 2.45) is 11.8 Å². The van der Waals surface area contributed by atoms with Crippen molar-refractivity contribution >= 4 is 5.97 Å². The Morgan fingerprint density at radius 1 is 1.04 bits per heavy atom. The first-order valence-corrected chi connectivity index (χ1v) is 18.6. The number of ether oxygens (including phenoxy) is 3. The molecule has 1 unspecified atom stereocenters. The van der Waals surface area contributed by atoms with Crippen molar-refractivity contribution in [3.8, 4) is 0 Å². The summed E-state index contributed by atoms with van der Waals surface area (Å²) in [5, 5.41) is 61.8. The fourth-order valence-electron chi connectivity index (χ4n) is 7.69. The first-order chi connectivity index (χ1) is 23.4. The Hall–Kier alpha value is -1.71. The quantitative estimate of drug-likeness (QED) is 0.155. The van der Waals surface area contributed by atoms with Crippen LogP contribution < -0.4 is 5.32 Å². The van der Waals surface area contributed by atoms with E-state index in [1.165, 1.54) is 19.4 Å². The molecule has 0 bridgehead atoms. The van der Waals surface area contributed by atoms with Crippen molar-refractivity contribution in [2.45, 2.75) is 153 Å². The summed E-state index contributed by atoms with van der Waals surface area (Å²) in [7, 11) is 3.76. The lowest BCUT2D eigenvalue weighted by atomic mass is 9.79. The van der Waals surface area contributed by atoms with E-state index in [1.54, 1.807) is 20.8 Å². The van der Waals surface area contributed by atoms with Gasteiger partial charge in [0.1, 0.15) is 23.9 Å². The Labute approximate surface area is 300 Å². The van der Waals surface area contributed by atoms with E-state index in [2.05, 4.69) is 22.3 Å². The molecule has 0 aliphatic carbocycles. The molecule has 12 nitrogen and oxygen atoms in total. The largest absolute Gasteiger partial charge is 0.459 e. The lowest BCUT2D eigenvalue weighted by Crippen LogP contribution is -2.59. The molecular formula is C38H67N3O9. The monoisotopic (exact) mass is 709 g/mol. The maximum absolute atomic E-state index is 13.5. The van der Waals surface area contributed by atoms with Crippen LogP contribution >= 0.6 is 0 Å². The Morgan fingerprint density at radius 2 is 1.70 bits per heavy atom. The van der Waals surface area contributed by atoms with E-state index in [-0.39, 0.29) is 25.0 Å². The first kappa shape index (κ1) is 42.7. The molecule has 2 saturated heterocycles. The molecule has 0 spiro atoms. The van der Waals surface area contributed by atoms with E-state index in [1.807, 2.05) is 51.0 Å². The van der Waals surface area contributed by atoms with Crippen LogP contribution in [0.25, 0.3) is 0 Å². The second kappa shape index (κ2) is 18.9. The van der Waals surface area contributed by atoms with Gasteiger partial charge in [0.25, 0.3) is 0 Å². The molecule has 6 N–H and O–H groups in total. The molecule has 2 aliphatic heterocycles. The number of rotatable bonds is 10. The third kappa shape index (κ3) is 10.9. The van der Waals surface area contributed by atoms with Gasteiger partial charge in [-0.2, -0.15) is 0 Å². The van der Waals surface area contributed by atoms with E-state index >= 15 is 0 Å². The molecule has 3 rings (SSSR count). The smallest absolute Gasteiger partial charge is 0.311 e. The van der Waals surface area contributed by atoms with Gasteiger partial charge in [-0.3, -0.25) is 9.69 Å². The Kier molecular flexibility index (Phi) is 16.1. The minimum atomic E-state index is -1.78. The maximum Gasteiger partial charge on any atom is 0.311 e. The molecule has 0 radical (unpaired) electrons. The molecule has 13 atom stereocenters. The van der Waals surface area contributed by atoms with Gasteiger partial charge in [0.05, 0.1) is 29.8 Å². The van der Waals surface area contributed by atoms with Gasteiger partial charge in [0.2, 0.25) is 0 Å². The van der Waals surface area contributed by atoms with E-state index in [0.29, 0.717) is 25.9 Å². The molecule has 0 saturated carbocycles. The second-order valence-corrected chi connectivity index (χ2v) is 15.5. The van der Waals surface area contributed by atoms with Crippen LogP contribution in [0.2, 0.25) is 0 Å². The Bertz CT molecular complexity index is 1160. The third-order valence-corrected chi connectivity index (χ3v) is 11.1. The van der Waals surface area contributed by atoms with Crippen LogP contribution in [0.5, 0.6) is 0 Å². The van der Waals surface area contributed by atoms with Crippen molar-refractivity contribution in [1.82, 2.24) is 15.1 Å². The highest BCUT2D eigenvalue weighted by Gasteiger charge is 2.49. The summed E-state index contributed by atoms with van der Waals surface area (Å²) in [6.07, 6.45) is -4.60. The molecule has 0 amide bonds. The highest BCUT2D eigenvalue weighted by molar-refractivity contribution is 5.73. The molecule has 2 aliphatic rings. The summed E-state index contributed by atoms with van der Waals surface area (Å²) in [6, 6.07) is 9.37. The van der Waals surface area contributed by atoms with Gasteiger partial charge in [-0.05, 0) is 106 Å². The average Bonchev–Trinajstić information content (AvgIpc) is 3.07. The molecule has 1 aromatic rings. The standard InChI is InChI=1S/C38H67N3O9/c1-10-30-38(7,47)33(44)27(5)41(21-15-19-39-23-28-16-12-11-13-17-28)20-14-18-37(6,46)34(25(3)31(42)26(4)35(45)49-30)50-36-32(43)29(40(8)9)22-24(2)48-36/h11-13,16-17,24-27,29-34,36,39,42-44,46-47H,10,14-15,18-23H2,1-9H3/t24-,25+,26-,27-,29+,30-,31+,32-,33-,34-,36+,37?,38-/m1/s1. The normalized spacial score (nSPS) is 40.2. The van der Waals surface area contributed by atoms with Crippen molar-refractivity contribution in [2.75, 3.05) is 33.7 Å². The maximum atomic E-state index is 13.5. The van der Waals surface area contributed by atoms with Crippen LogP contribution in [0.3, 0.4) is 0 Å². The number of aliphatic hydroxyl groups excluding tert-OH is 3. The molecule has 50 heavy (non-hydrogen) atoms. The van der Waals surface area contributed by atoms with Gasteiger partial charge in [0.15, 0.2) is 6.29 Å². The highest BCUT2D eigenvalue weighted by atomic mass is 16.7. The number of nitrogens with one attached hydrogen (secondary N) is 1. The number of hydrogen-bond acceptors (Lipinski definition) is 12. The zero-order valence-electron chi connectivity index (χ0n) is 31.9. The van der Waals surface area contributed by atoms with Crippen molar-refractivity contribution < 1.29 is 44.5 Å². The summed E-state index contributed by atoms with van der Waals surface area (Å²) < 4.78 is 18.4. The predicted octanol–water partition coefficient (Wildman–Crippen LogP) is 2.28. The molecule has 12 heteroatoms. The van der Waals surface area contributed by atoms with Crippen LogP contribution in [0.15, 0.2) is 30.3 Å². The predicted molar refractivity (Wildman–Crippen MR) is 192 cm³/mol. The van der Waals surface area contributed by atoms with Gasteiger partial charge >= 0.3 is 5.97 Å². The number of aliphatic hydroxyl groups is 5. The molecular weight excluding hydrogens is 642 g/mol. The molecule has 2 fully saturated rings. The number of carbonyl (C=O) groups excluding carboxylic acids is 1. The summed E-state index contributed by atoms with van der Waals surface area (Å²) in [6.45, 7) is 14.5. The zero-order valence-corrected chi connectivity index (χ0v) is 31.9. The van der Waals surface area contributed by atoms with Gasteiger partial charge in [-0.25, -0.2) is 0 Å². The van der Waals surface area contributed by atoms with E-state index < -0.39 is 71.9 Å². The van der Waals surface area contributed by atoms with Gasteiger partial charge in [-0.1, -0.05) is 44.2 Å². The SMILES string of the molecule is CC[C@H]1OC(=O)[C@H](C)[C@@H](O)[C@H](C)[C@@H](O[C@@H]2O[C@H](C)C[C@H](N(C)C)[C@H]2O)C(C)(O)CCCN(CCCNCc2ccccc2)[C@H](C)[C@@H](O)[C@]1(C)O. The highest BCUT2D eigenvalue weighted by Crippen LogP contribution is 2.35. The lowest BCUT2D eigenvalue weighted by molar-refractivity contribution is -0.298. The van der Waals surface area contributed by atoms with E-state index in [4.69, 9.17) is 14.2 Å². The minimum absolute atomic E-state index is 0.223. The zero-order chi connectivity index (χ0) is 37.4. The summed E-state index contributed by atoms with van der Waals surface area (Å²) >= 11 is 0. The fraction of sp³-hybridized carbons (Fsp3) is 0.816. The summed E-state index contributed by atoms with van der Waals surface area (Å²) in [4.78, 5) is 17.5. The number of hydrogen-bond donors (Lipinski definition) is 6. The van der Waals surface area contributed by atoms with Crippen LogP contribution in [-0.2, 0) is 25.5 Å². The van der Waals surface area contributed by atoms with Crippen LogP contribution in [0.1, 0.15) is 86.1 Å². The number of nitrogens with zero attached hydrogens (tertiary/aromatic N) is 2. The number of carbonyl (C=O) groups is 1. The number of benzene rings is 1. The molecule has 0 aromatic heterocycles. The average molecular weight is 710 g/mol. The third-order valence-electron chi connectivity index (χ3n) is 11.1.